The van der Waals surface area contributed by atoms with Crippen LogP contribution in [-0.4, -0.2) is 43.0 Å². The zero-order valence-corrected chi connectivity index (χ0v) is 18.3. The van der Waals surface area contributed by atoms with Gasteiger partial charge in [0.05, 0.1) is 25.8 Å². The molecule has 3 rings (SSSR count). The highest BCUT2D eigenvalue weighted by Gasteiger charge is 2.19. The van der Waals surface area contributed by atoms with Gasteiger partial charge in [0.1, 0.15) is 12.4 Å². The third kappa shape index (κ3) is 5.31. The van der Waals surface area contributed by atoms with Gasteiger partial charge in [-0.1, -0.05) is 23.7 Å². The third-order valence-electron chi connectivity index (χ3n) is 4.57. The van der Waals surface area contributed by atoms with Crippen molar-refractivity contribution in [3.8, 4) is 22.8 Å². The molecule has 0 saturated carbocycles. The lowest BCUT2D eigenvalue weighted by Crippen LogP contribution is -2.24. The second-order valence-corrected chi connectivity index (χ2v) is 7.12. The second kappa shape index (κ2) is 10.2. The van der Waals surface area contributed by atoms with Crippen LogP contribution < -0.4 is 15.0 Å². The van der Waals surface area contributed by atoms with Gasteiger partial charge in [-0.15, -0.1) is 5.10 Å². The van der Waals surface area contributed by atoms with Crippen molar-refractivity contribution < 1.29 is 19.0 Å². The van der Waals surface area contributed by atoms with Gasteiger partial charge < -0.3 is 14.2 Å². The number of nitrogens with zero attached hydrogens (tertiary/aromatic N) is 2. The highest BCUT2D eigenvalue weighted by molar-refractivity contribution is 6.31. The molecule has 8 heteroatoms. The molecule has 162 valence electrons. The van der Waals surface area contributed by atoms with Gasteiger partial charge in [0.2, 0.25) is 5.88 Å². The summed E-state index contributed by atoms with van der Waals surface area (Å²) in [6, 6.07) is 13.7. The number of hydrogen-bond donors (Lipinski definition) is 0. The molecule has 1 aromatic heterocycles. The number of halogens is 1. The highest BCUT2D eigenvalue weighted by Crippen LogP contribution is 2.32. The van der Waals surface area contributed by atoms with Crippen molar-refractivity contribution in [3.63, 3.8) is 0 Å². The summed E-state index contributed by atoms with van der Waals surface area (Å²) in [6.07, 6.45) is 0. The molecule has 0 radical (unpaired) electrons. The monoisotopic (exact) mass is 442 g/mol. The Morgan fingerprint density at radius 1 is 1.06 bits per heavy atom. The minimum absolute atomic E-state index is 0.0980. The minimum atomic E-state index is -0.338. The van der Waals surface area contributed by atoms with Crippen LogP contribution >= 0.6 is 11.6 Å². The molecule has 0 aliphatic carbocycles. The Hall–Kier alpha value is -3.16. The number of hydrogen-bond acceptors (Lipinski definition) is 6. The van der Waals surface area contributed by atoms with E-state index in [1.165, 1.54) is 25.0 Å². The zero-order valence-electron chi connectivity index (χ0n) is 17.6. The first kappa shape index (κ1) is 22.5. The summed E-state index contributed by atoms with van der Waals surface area (Å²) in [5.74, 6) is 0.725. The smallest absolute Gasteiger partial charge is 0.267 e. The molecule has 7 nitrogen and oxygen atoms in total. The first-order valence-electron chi connectivity index (χ1n) is 9.66. The molecule has 1 heterocycles. The maximum Gasteiger partial charge on any atom is 0.267 e. The fourth-order valence-corrected chi connectivity index (χ4v) is 3.32. The highest BCUT2D eigenvalue weighted by atomic mass is 35.5. The van der Waals surface area contributed by atoms with Gasteiger partial charge in [0.15, 0.2) is 5.78 Å². The quantitative estimate of drug-likeness (QED) is 0.468. The van der Waals surface area contributed by atoms with Gasteiger partial charge in [-0.2, -0.15) is 0 Å². The number of ketones is 1. The summed E-state index contributed by atoms with van der Waals surface area (Å²) in [7, 11) is 2.90. The fourth-order valence-electron chi connectivity index (χ4n) is 3.15. The standard InChI is InChI=1S/C23H23ClN2O5/c1-4-31-17-8-5-15(6-9-17)13-26-22(28)12-20(23(25-26)30-3)19-11-16(24)7-10-18(19)21(27)14-29-2/h5-12H,4,13-14H2,1-3H3. The molecule has 0 amide bonds. The summed E-state index contributed by atoms with van der Waals surface area (Å²) >= 11 is 6.16. The van der Waals surface area contributed by atoms with E-state index in [0.717, 1.165) is 11.3 Å². The summed E-state index contributed by atoms with van der Waals surface area (Å²) in [6.45, 7) is 2.66. The molecular weight excluding hydrogens is 420 g/mol. The fraction of sp³-hybridized carbons (Fsp3) is 0.261. The Kier molecular flexibility index (Phi) is 7.44. The van der Waals surface area contributed by atoms with Crippen molar-refractivity contribution in [2.24, 2.45) is 0 Å². The van der Waals surface area contributed by atoms with Crippen molar-refractivity contribution in [3.05, 3.63) is 75.0 Å². The molecule has 2 aromatic carbocycles. The van der Waals surface area contributed by atoms with Gasteiger partial charge in [-0.05, 0) is 48.4 Å². The van der Waals surface area contributed by atoms with E-state index in [4.69, 9.17) is 25.8 Å². The maximum atomic E-state index is 12.8. The molecule has 0 unspecified atom stereocenters. The maximum absolute atomic E-state index is 12.8. The van der Waals surface area contributed by atoms with Crippen LogP contribution in [0.2, 0.25) is 5.02 Å². The lowest BCUT2D eigenvalue weighted by atomic mass is 9.98. The van der Waals surface area contributed by atoms with Crippen LogP contribution in [0.3, 0.4) is 0 Å². The van der Waals surface area contributed by atoms with Gasteiger partial charge in [0.25, 0.3) is 5.56 Å². The summed E-state index contributed by atoms with van der Waals surface area (Å²) in [5.41, 5.74) is 1.76. The molecule has 0 spiro atoms. The van der Waals surface area contributed by atoms with Crippen molar-refractivity contribution in [2.75, 3.05) is 27.4 Å². The molecule has 0 aliphatic heterocycles. The first-order chi connectivity index (χ1) is 15.0. The third-order valence-corrected chi connectivity index (χ3v) is 4.81. The Balaban J connectivity index is 2.01. The number of Topliss-reactive ketones (excluding diaryl/α,β-unsaturated/α-hetero) is 1. The number of aromatic nitrogens is 2. The summed E-state index contributed by atoms with van der Waals surface area (Å²) < 4.78 is 17.2. The van der Waals surface area contributed by atoms with Gasteiger partial charge in [0, 0.05) is 23.8 Å². The Morgan fingerprint density at radius 3 is 2.45 bits per heavy atom. The van der Waals surface area contributed by atoms with Gasteiger partial charge >= 0.3 is 0 Å². The normalized spacial score (nSPS) is 10.7. The lowest BCUT2D eigenvalue weighted by Gasteiger charge is -2.14. The van der Waals surface area contributed by atoms with E-state index in [9.17, 15) is 9.59 Å². The molecule has 0 aliphatic rings. The molecule has 0 saturated heterocycles. The van der Waals surface area contributed by atoms with Gasteiger partial charge in [-0.25, -0.2) is 4.68 Å². The molecule has 3 aromatic rings. The number of rotatable bonds is 9. The van der Waals surface area contributed by atoms with Crippen LogP contribution in [0.1, 0.15) is 22.8 Å². The van der Waals surface area contributed by atoms with E-state index >= 15 is 0 Å². The van der Waals surface area contributed by atoms with E-state index in [-0.39, 0.29) is 30.4 Å². The molecule has 0 bridgehead atoms. The number of benzene rings is 2. The Morgan fingerprint density at radius 2 is 1.81 bits per heavy atom. The largest absolute Gasteiger partial charge is 0.494 e. The number of carbonyl (C=O) groups excluding carboxylic acids is 1. The second-order valence-electron chi connectivity index (χ2n) is 6.69. The number of ether oxygens (including phenoxy) is 3. The zero-order chi connectivity index (χ0) is 22.4. The van der Waals surface area contributed by atoms with Crippen LogP contribution in [0.25, 0.3) is 11.1 Å². The van der Waals surface area contributed by atoms with Crippen molar-refractivity contribution in [1.29, 1.82) is 0 Å². The average molecular weight is 443 g/mol. The molecule has 0 fully saturated rings. The molecule has 0 N–H and O–H groups in total. The molecule has 0 atom stereocenters. The predicted molar refractivity (Wildman–Crippen MR) is 118 cm³/mol. The van der Waals surface area contributed by atoms with E-state index in [2.05, 4.69) is 5.10 Å². The van der Waals surface area contributed by atoms with Crippen molar-refractivity contribution >= 4 is 17.4 Å². The van der Waals surface area contributed by atoms with Crippen LogP contribution in [-0.2, 0) is 11.3 Å². The average Bonchev–Trinajstić information content (AvgIpc) is 2.76. The van der Waals surface area contributed by atoms with E-state index in [1.54, 1.807) is 18.2 Å². The van der Waals surface area contributed by atoms with Crippen molar-refractivity contribution in [1.82, 2.24) is 9.78 Å². The topological polar surface area (TPSA) is 79.7 Å². The van der Waals surface area contributed by atoms with Crippen LogP contribution in [0.4, 0.5) is 0 Å². The van der Waals surface area contributed by atoms with E-state index in [0.29, 0.717) is 28.3 Å². The lowest BCUT2D eigenvalue weighted by molar-refractivity contribution is 0.0848. The SMILES string of the molecule is CCOc1ccc(Cn2nc(OC)c(-c3cc(Cl)ccc3C(=O)COC)cc2=O)cc1. The summed E-state index contributed by atoms with van der Waals surface area (Å²) in [5, 5.41) is 4.78. The molecule has 31 heavy (non-hydrogen) atoms. The predicted octanol–water partition coefficient (Wildman–Crippen LogP) is 3.85. The summed E-state index contributed by atoms with van der Waals surface area (Å²) in [4.78, 5) is 25.3. The number of methoxy groups -OCH3 is 2. The van der Waals surface area contributed by atoms with Crippen molar-refractivity contribution in [2.45, 2.75) is 13.5 Å². The molecular formula is C23H23ClN2O5. The van der Waals surface area contributed by atoms with E-state index < -0.39 is 0 Å². The van der Waals surface area contributed by atoms with Crippen LogP contribution in [0, 0.1) is 0 Å². The van der Waals surface area contributed by atoms with Gasteiger partial charge in [-0.3, -0.25) is 9.59 Å². The van der Waals surface area contributed by atoms with Crippen LogP contribution in [0.5, 0.6) is 11.6 Å². The Bertz CT molecular complexity index is 1130. The van der Waals surface area contributed by atoms with E-state index in [1.807, 2.05) is 31.2 Å². The van der Waals surface area contributed by atoms with Crippen LogP contribution in [0.15, 0.2) is 53.3 Å². The first-order valence-corrected chi connectivity index (χ1v) is 10.0. The minimum Gasteiger partial charge on any atom is -0.494 e. The Labute approximate surface area is 185 Å². The number of carbonyl (C=O) groups is 1.